The Hall–Kier alpha value is -2.21. The van der Waals surface area contributed by atoms with Gasteiger partial charge in [-0.05, 0) is 44.9 Å². The van der Waals surface area contributed by atoms with Crippen LogP contribution in [0.5, 0.6) is 0 Å². The van der Waals surface area contributed by atoms with Gasteiger partial charge in [0.05, 0.1) is 6.54 Å². The molecular weight excluding hydrogens is 306 g/mol. The minimum absolute atomic E-state index is 0.0432. The van der Waals surface area contributed by atoms with Gasteiger partial charge in [0.15, 0.2) is 0 Å². The summed E-state index contributed by atoms with van der Waals surface area (Å²) in [5, 5.41) is 13.2. The van der Waals surface area contributed by atoms with Crippen molar-refractivity contribution in [2.24, 2.45) is 0 Å². The fourth-order valence-electron chi connectivity index (χ4n) is 3.03. The first-order valence-corrected chi connectivity index (χ1v) is 8.36. The lowest BCUT2D eigenvalue weighted by Gasteiger charge is -2.21. The number of aryl methyl sites for hydroxylation is 1. The molecule has 6 nitrogen and oxygen atoms in total. The number of rotatable bonds is 5. The number of aliphatic hydroxyl groups is 1. The van der Waals surface area contributed by atoms with Gasteiger partial charge in [0.25, 0.3) is 5.91 Å². The highest BCUT2D eigenvalue weighted by molar-refractivity contribution is 5.92. The van der Waals surface area contributed by atoms with Crippen LogP contribution in [0.2, 0.25) is 0 Å². The molecule has 2 heterocycles. The summed E-state index contributed by atoms with van der Waals surface area (Å²) in [4.78, 5) is 21.1. The Bertz CT molecular complexity index is 718. The smallest absolute Gasteiger partial charge is 0.270 e. The van der Waals surface area contributed by atoms with Gasteiger partial charge in [0.2, 0.25) is 0 Å². The molecule has 3 rings (SSSR count). The molecule has 6 heteroatoms. The first-order chi connectivity index (χ1) is 11.5. The molecular formula is C18H23N3O3. The minimum atomic E-state index is -1.27. The van der Waals surface area contributed by atoms with E-state index in [0.717, 1.165) is 18.7 Å². The third-order valence-electron chi connectivity index (χ3n) is 4.49. The summed E-state index contributed by atoms with van der Waals surface area (Å²) >= 11 is 0. The highest BCUT2D eigenvalue weighted by Crippen LogP contribution is 2.31. The lowest BCUT2D eigenvalue weighted by atomic mass is 10.0. The average molecular weight is 329 g/mol. The number of amides is 1. The van der Waals surface area contributed by atoms with Crippen LogP contribution in [-0.2, 0) is 5.60 Å². The summed E-state index contributed by atoms with van der Waals surface area (Å²) in [5.74, 6) is 1.92. The quantitative estimate of drug-likeness (QED) is 0.880. The second-order valence-electron chi connectivity index (χ2n) is 6.65. The number of hydrogen-bond acceptors (Lipinski definition) is 5. The normalized spacial score (nSPS) is 17.6. The van der Waals surface area contributed by atoms with Gasteiger partial charge in [0, 0.05) is 12.1 Å². The van der Waals surface area contributed by atoms with Crippen molar-refractivity contribution in [2.45, 2.75) is 51.0 Å². The van der Waals surface area contributed by atoms with E-state index in [-0.39, 0.29) is 12.5 Å². The highest BCUT2D eigenvalue weighted by atomic mass is 16.4. The lowest BCUT2D eigenvalue weighted by molar-refractivity contribution is 0.0322. The second kappa shape index (κ2) is 6.73. The number of carbonyl (C=O) groups is 1. The van der Waals surface area contributed by atoms with E-state index in [1.165, 1.54) is 12.8 Å². The minimum Gasteiger partial charge on any atom is -0.463 e. The van der Waals surface area contributed by atoms with Gasteiger partial charge in [-0.2, -0.15) is 0 Å². The van der Waals surface area contributed by atoms with E-state index in [0.29, 0.717) is 23.1 Å². The maximum absolute atomic E-state index is 12.4. The third-order valence-corrected chi connectivity index (χ3v) is 4.49. The molecule has 1 amide bonds. The van der Waals surface area contributed by atoms with Gasteiger partial charge in [-0.3, -0.25) is 4.79 Å². The van der Waals surface area contributed by atoms with Gasteiger partial charge in [-0.25, -0.2) is 9.97 Å². The van der Waals surface area contributed by atoms with Gasteiger partial charge in [-0.1, -0.05) is 12.8 Å². The first-order valence-electron chi connectivity index (χ1n) is 8.36. The van der Waals surface area contributed by atoms with Crippen molar-refractivity contribution in [1.29, 1.82) is 0 Å². The molecule has 0 radical (unpaired) electrons. The zero-order valence-corrected chi connectivity index (χ0v) is 14.1. The van der Waals surface area contributed by atoms with Crippen molar-refractivity contribution in [3.63, 3.8) is 0 Å². The third kappa shape index (κ3) is 3.64. The van der Waals surface area contributed by atoms with Crippen LogP contribution in [0, 0.1) is 6.92 Å². The standard InChI is InChI=1S/C18H23N3O3/c1-12-7-8-15(24-12)18(2,23)11-20-17(22)14-9-10-19-16(21-14)13-5-3-4-6-13/h7-10,13,23H,3-6,11H2,1-2H3,(H,20,22). The molecule has 0 bridgehead atoms. The zero-order valence-electron chi connectivity index (χ0n) is 14.1. The molecule has 24 heavy (non-hydrogen) atoms. The number of aromatic nitrogens is 2. The van der Waals surface area contributed by atoms with Crippen molar-refractivity contribution < 1.29 is 14.3 Å². The number of hydrogen-bond donors (Lipinski definition) is 2. The monoisotopic (exact) mass is 329 g/mol. The van der Waals surface area contributed by atoms with Crippen LogP contribution in [0.4, 0.5) is 0 Å². The zero-order chi connectivity index (χ0) is 17.2. The van der Waals surface area contributed by atoms with Crippen molar-refractivity contribution >= 4 is 5.91 Å². The summed E-state index contributed by atoms with van der Waals surface area (Å²) in [6.45, 7) is 3.46. The summed E-state index contributed by atoms with van der Waals surface area (Å²) in [5.41, 5.74) is -0.941. The fourth-order valence-corrected chi connectivity index (χ4v) is 3.03. The molecule has 1 saturated carbocycles. The second-order valence-corrected chi connectivity index (χ2v) is 6.65. The molecule has 1 fully saturated rings. The summed E-state index contributed by atoms with van der Waals surface area (Å²) < 4.78 is 5.45. The largest absolute Gasteiger partial charge is 0.463 e. The molecule has 0 spiro atoms. The van der Waals surface area contributed by atoms with Crippen LogP contribution in [0.25, 0.3) is 0 Å². The van der Waals surface area contributed by atoms with Crippen LogP contribution in [0.3, 0.4) is 0 Å². The maximum Gasteiger partial charge on any atom is 0.270 e. The topological polar surface area (TPSA) is 88.2 Å². The fraction of sp³-hybridized carbons (Fsp3) is 0.500. The Morgan fingerprint density at radius 2 is 2.12 bits per heavy atom. The molecule has 2 N–H and O–H groups in total. The van der Waals surface area contributed by atoms with Crippen LogP contribution >= 0.6 is 0 Å². The molecule has 1 aliphatic carbocycles. The van der Waals surface area contributed by atoms with Crippen molar-refractivity contribution in [3.8, 4) is 0 Å². The highest BCUT2D eigenvalue weighted by Gasteiger charge is 2.28. The van der Waals surface area contributed by atoms with Crippen LogP contribution < -0.4 is 5.32 Å². The molecule has 1 unspecified atom stereocenters. The SMILES string of the molecule is Cc1ccc(C(C)(O)CNC(=O)c2ccnc(C3CCCC3)n2)o1. The predicted octanol–water partition coefficient (Wildman–Crippen LogP) is 2.67. The number of carbonyl (C=O) groups excluding carboxylic acids is 1. The lowest BCUT2D eigenvalue weighted by Crippen LogP contribution is -2.38. The van der Waals surface area contributed by atoms with Gasteiger partial charge in [-0.15, -0.1) is 0 Å². The summed E-state index contributed by atoms with van der Waals surface area (Å²) in [6.07, 6.45) is 6.17. The molecule has 0 aliphatic heterocycles. The average Bonchev–Trinajstić information content (AvgIpc) is 3.24. The van der Waals surface area contributed by atoms with Gasteiger partial charge >= 0.3 is 0 Å². The van der Waals surface area contributed by atoms with E-state index in [9.17, 15) is 9.90 Å². The number of nitrogens with zero attached hydrogens (tertiary/aromatic N) is 2. The van der Waals surface area contributed by atoms with E-state index in [4.69, 9.17) is 4.42 Å². The van der Waals surface area contributed by atoms with E-state index < -0.39 is 5.60 Å². The molecule has 1 atom stereocenters. The Balaban J connectivity index is 1.65. The maximum atomic E-state index is 12.4. The van der Waals surface area contributed by atoms with Crippen LogP contribution in [0.1, 0.15) is 66.4 Å². The molecule has 128 valence electrons. The van der Waals surface area contributed by atoms with E-state index >= 15 is 0 Å². The molecule has 2 aromatic rings. The molecule has 1 aliphatic rings. The Labute approximate surface area is 141 Å². The number of furan rings is 1. The Morgan fingerprint density at radius 3 is 2.79 bits per heavy atom. The van der Waals surface area contributed by atoms with E-state index in [1.54, 1.807) is 31.3 Å². The van der Waals surface area contributed by atoms with Crippen molar-refractivity contribution in [3.05, 3.63) is 47.4 Å². The van der Waals surface area contributed by atoms with Crippen LogP contribution in [0.15, 0.2) is 28.8 Å². The Morgan fingerprint density at radius 1 is 1.38 bits per heavy atom. The summed E-state index contributed by atoms with van der Waals surface area (Å²) in [6, 6.07) is 5.09. The van der Waals surface area contributed by atoms with Crippen molar-refractivity contribution in [2.75, 3.05) is 6.54 Å². The van der Waals surface area contributed by atoms with Crippen LogP contribution in [-0.4, -0.2) is 27.5 Å². The van der Waals surface area contributed by atoms with E-state index in [1.807, 2.05) is 6.92 Å². The molecule has 0 aromatic carbocycles. The number of nitrogens with one attached hydrogen (secondary N) is 1. The van der Waals surface area contributed by atoms with Gasteiger partial charge in [0.1, 0.15) is 28.6 Å². The molecule has 2 aromatic heterocycles. The summed E-state index contributed by atoms with van der Waals surface area (Å²) in [7, 11) is 0. The van der Waals surface area contributed by atoms with Crippen molar-refractivity contribution in [1.82, 2.24) is 15.3 Å². The van der Waals surface area contributed by atoms with E-state index in [2.05, 4.69) is 15.3 Å². The molecule has 0 saturated heterocycles. The first kappa shape index (κ1) is 16.6. The Kier molecular flexibility index (Phi) is 4.66. The van der Waals surface area contributed by atoms with Gasteiger partial charge < -0.3 is 14.8 Å². The predicted molar refractivity (Wildman–Crippen MR) is 88.6 cm³/mol.